The van der Waals surface area contributed by atoms with Crippen LogP contribution in [0.1, 0.15) is 24.4 Å². The molecular formula is C16H18F2N2O2S2. The van der Waals surface area contributed by atoms with Gasteiger partial charge in [-0.2, -0.15) is 11.3 Å². The van der Waals surface area contributed by atoms with Gasteiger partial charge in [0.05, 0.1) is 0 Å². The summed E-state index contributed by atoms with van der Waals surface area (Å²) in [6.07, 6.45) is 2.17. The maximum absolute atomic E-state index is 13.8. The van der Waals surface area contributed by atoms with E-state index in [1.807, 2.05) is 16.8 Å². The van der Waals surface area contributed by atoms with Crippen molar-refractivity contribution in [1.29, 1.82) is 0 Å². The zero-order chi connectivity index (χ0) is 17.2. The van der Waals surface area contributed by atoms with E-state index in [-0.39, 0.29) is 12.6 Å². The number of nitrogens with one attached hydrogen (secondary N) is 1. The summed E-state index contributed by atoms with van der Waals surface area (Å²) in [5.74, 6) is -1.89. The van der Waals surface area contributed by atoms with Crippen LogP contribution < -0.4 is 4.72 Å². The maximum atomic E-state index is 13.8. The molecular weight excluding hydrogens is 354 g/mol. The molecule has 0 aliphatic carbocycles. The molecule has 1 N–H and O–H groups in total. The van der Waals surface area contributed by atoms with Crippen LogP contribution in [0.15, 0.2) is 39.9 Å². The lowest BCUT2D eigenvalue weighted by molar-refractivity contribution is 0.247. The van der Waals surface area contributed by atoms with Crippen molar-refractivity contribution in [2.45, 2.75) is 23.8 Å². The van der Waals surface area contributed by atoms with E-state index < -0.39 is 26.6 Å². The highest BCUT2D eigenvalue weighted by atomic mass is 32.2. The SMILES string of the molecule is O=S(=O)(NC[C@H](c1ccsc1)N1CCCC1)c1ccc(F)cc1F. The number of nitrogens with zero attached hydrogens (tertiary/aromatic N) is 1. The highest BCUT2D eigenvalue weighted by molar-refractivity contribution is 7.89. The predicted molar refractivity (Wildman–Crippen MR) is 89.4 cm³/mol. The van der Waals surface area contributed by atoms with Crippen molar-refractivity contribution in [3.05, 3.63) is 52.2 Å². The molecule has 0 bridgehead atoms. The number of benzene rings is 1. The minimum atomic E-state index is -4.04. The first-order valence-corrected chi connectivity index (χ1v) is 10.1. The Balaban J connectivity index is 1.78. The molecule has 0 unspecified atom stereocenters. The largest absolute Gasteiger partial charge is 0.295 e. The molecule has 2 aromatic rings. The summed E-state index contributed by atoms with van der Waals surface area (Å²) in [6, 6.07) is 4.35. The minimum absolute atomic E-state index is 0.0861. The van der Waals surface area contributed by atoms with Gasteiger partial charge in [0, 0.05) is 18.7 Å². The lowest BCUT2D eigenvalue weighted by Crippen LogP contribution is -2.36. The monoisotopic (exact) mass is 372 g/mol. The van der Waals surface area contributed by atoms with Crippen LogP contribution in [0.25, 0.3) is 0 Å². The summed E-state index contributed by atoms with van der Waals surface area (Å²) in [7, 11) is -4.04. The van der Waals surface area contributed by atoms with Gasteiger partial charge in [0.2, 0.25) is 10.0 Å². The molecule has 0 saturated carbocycles. The van der Waals surface area contributed by atoms with Gasteiger partial charge in [0.15, 0.2) is 0 Å². The van der Waals surface area contributed by atoms with Gasteiger partial charge >= 0.3 is 0 Å². The first kappa shape index (κ1) is 17.5. The number of halogens is 2. The normalized spacial score (nSPS) is 17.2. The molecule has 1 aliphatic heterocycles. The zero-order valence-corrected chi connectivity index (χ0v) is 14.5. The number of rotatable bonds is 6. The third-order valence-corrected chi connectivity index (χ3v) is 6.32. The Morgan fingerprint density at radius 2 is 1.96 bits per heavy atom. The topological polar surface area (TPSA) is 49.4 Å². The molecule has 4 nitrogen and oxygen atoms in total. The molecule has 1 atom stereocenters. The van der Waals surface area contributed by atoms with E-state index in [9.17, 15) is 17.2 Å². The lowest BCUT2D eigenvalue weighted by Gasteiger charge is -2.27. The smallest absolute Gasteiger partial charge is 0.243 e. The second-order valence-corrected chi connectivity index (χ2v) is 8.26. The molecule has 1 aromatic heterocycles. The molecule has 2 heterocycles. The van der Waals surface area contributed by atoms with Gasteiger partial charge in [0.1, 0.15) is 16.5 Å². The zero-order valence-electron chi connectivity index (χ0n) is 12.9. The Morgan fingerprint density at radius 1 is 1.21 bits per heavy atom. The van der Waals surface area contributed by atoms with Crippen molar-refractivity contribution in [3.63, 3.8) is 0 Å². The fourth-order valence-corrected chi connectivity index (χ4v) is 4.74. The summed E-state index contributed by atoms with van der Waals surface area (Å²) in [5.41, 5.74) is 1.05. The molecule has 0 radical (unpaired) electrons. The van der Waals surface area contributed by atoms with Crippen LogP contribution in [-0.2, 0) is 10.0 Å². The van der Waals surface area contributed by atoms with Crippen LogP contribution >= 0.6 is 11.3 Å². The van der Waals surface area contributed by atoms with E-state index >= 15 is 0 Å². The standard InChI is InChI=1S/C16H18F2N2O2S2/c17-13-3-4-16(14(18)9-13)24(21,22)19-10-15(12-5-8-23-11-12)20-6-1-2-7-20/h3-5,8-9,11,15,19H,1-2,6-7,10H2/t15-/m1/s1. The van der Waals surface area contributed by atoms with Crippen molar-refractivity contribution in [3.8, 4) is 0 Å². The second-order valence-electron chi connectivity index (χ2n) is 5.74. The van der Waals surface area contributed by atoms with Crippen molar-refractivity contribution < 1.29 is 17.2 Å². The van der Waals surface area contributed by atoms with E-state index in [4.69, 9.17) is 0 Å². The van der Waals surface area contributed by atoms with Crippen LogP contribution in [0.2, 0.25) is 0 Å². The van der Waals surface area contributed by atoms with Gasteiger partial charge in [-0.1, -0.05) is 0 Å². The summed E-state index contributed by atoms with van der Waals surface area (Å²) in [4.78, 5) is 1.69. The van der Waals surface area contributed by atoms with Crippen LogP contribution in [0.3, 0.4) is 0 Å². The third kappa shape index (κ3) is 3.83. The highest BCUT2D eigenvalue weighted by Crippen LogP contribution is 2.27. The van der Waals surface area contributed by atoms with E-state index in [1.165, 1.54) is 0 Å². The van der Waals surface area contributed by atoms with Crippen molar-refractivity contribution in [2.24, 2.45) is 0 Å². The van der Waals surface area contributed by atoms with E-state index in [0.29, 0.717) is 6.07 Å². The van der Waals surface area contributed by atoms with Crippen LogP contribution in [0.5, 0.6) is 0 Å². The molecule has 1 aliphatic rings. The van der Waals surface area contributed by atoms with Gasteiger partial charge in [0.25, 0.3) is 0 Å². The first-order chi connectivity index (χ1) is 11.5. The molecule has 24 heavy (non-hydrogen) atoms. The third-order valence-electron chi connectivity index (χ3n) is 4.16. The van der Waals surface area contributed by atoms with E-state index in [2.05, 4.69) is 9.62 Å². The van der Waals surface area contributed by atoms with Gasteiger partial charge in [-0.15, -0.1) is 0 Å². The Labute approximate surface area is 144 Å². The number of likely N-dealkylation sites (tertiary alicyclic amines) is 1. The fraction of sp³-hybridized carbons (Fsp3) is 0.375. The molecule has 130 valence electrons. The average molecular weight is 372 g/mol. The summed E-state index contributed by atoms with van der Waals surface area (Å²) in [6.45, 7) is 1.97. The Hall–Kier alpha value is -1.35. The molecule has 8 heteroatoms. The number of thiophene rings is 1. The summed E-state index contributed by atoms with van der Waals surface area (Å²) >= 11 is 1.55. The summed E-state index contributed by atoms with van der Waals surface area (Å²) in [5, 5.41) is 3.95. The fourth-order valence-electron chi connectivity index (χ4n) is 2.94. The van der Waals surface area contributed by atoms with E-state index in [0.717, 1.165) is 43.6 Å². The van der Waals surface area contributed by atoms with Gasteiger partial charge in [-0.05, 0) is 60.5 Å². The van der Waals surface area contributed by atoms with Crippen LogP contribution in [-0.4, -0.2) is 33.0 Å². The summed E-state index contributed by atoms with van der Waals surface area (Å²) < 4.78 is 54.0. The lowest BCUT2D eigenvalue weighted by atomic mass is 10.1. The van der Waals surface area contributed by atoms with Gasteiger partial charge in [-0.3, -0.25) is 4.90 Å². The number of sulfonamides is 1. The second kappa shape index (κ2) is 7.26. The first-order valence-electron chi connectivity index (χ1n) is 7.68. The molecule has 0 spiro atoms. The molecule has 1 saturated heterocycles. The molecule has 1 aromatic carbocycles. The average Bonchev–Trinajstić information content (AvgIpc) is 3.20. The Kier molecular flexibility index (Phi) is 5.29. The van der Waals surface area contributed by atoms with Crippen molar-refractivity contribution >= 4 is 21.4 Å². The van der Waals surface area contributed by atoms with Crippen molar-refractivity contribution in [2.75, 3.05) is 19.6 Å². The molecule has 3 rings (SSSR count). The quantitative estimate of drug-likeness (QED) is 0.848. The number of hydrogen-bond acceptors (Lipinski definition) is 4. The van der Waals surface area contributed by atoms with Gasteiger partial charge in [-0.25, -0.2) is 21.9 Å². The highest BCUT2D eigenvalue weighted by Gasteiger charge is 2.27. The Morgan fingerprint density at radius 3 is 2.58 bits per heavy atom. The molecule has 0 amide bonds. The predicted octanol–water partition coefficient (Wildman–Crippen LogP) is 3.14. The van der Waals surface area contributed by atoms with Crippen LogP contribution in [0, 0.1) is 11.6 Å². The molecule has 1 fully saturated rings. The van der Waals surface area contributed by atoms with E-state index in [1.54, 1.807) is 11.3 Å². The van der Waals surface area contributed by atoms with Crippen molar-refractivity contribution in [1.82, 2.24) is 9.62 Å². The van der Waals surface area contributed by atoms with Crippen LogP contribution in [0.4, 0.5) is 8.78 Å². The maximum Gasteiger partial charge on any atom is 0.243 e. The minimum Gasteiger partial charge on any atom is -0.295 e. The number of hydrogen-bond donors (Lipinski definition) is 1. The van der Waals surface area contributed by atoms with Gasteiger partial charge < -0.3 is 0 Å². The Bertz CT molecular complexity index is 788.